The van der Waals surface area contributed by atoms with E-state index in [1.54, 1.807) is 38.4 Å². The third-order valence-electron chi connectivity index (χ3n) is 5.35. The molecule has 2 heterocycles. The predicted octanol–water partition coefficient (Wildman–Crippen LogP) is 5.33. The molecule has 4 rings (SSSR count). The molecule has 4 aromatic rings. The first-order chi connectivity index (χ1) is 16.1. The molecule has 0 fully saturated rings. The van der Waals surface area contributed by atoms with Crippen molar-refractivity contribution in [2.24, 2.45) is 0 Å². The predicted molar refractivity (Wildman–Crippen MR) is 131 cm³/mol. The summed E-state index contributed by atoms with van der Waals surface area (Å²) in [5.74, 6) is 2.02. The molecule has 0 aliphatic rings. The van der Waals surface area contributed by atoms with Crippen LogP contribution in [0.15, 0.2) is 72.1 Å². The van der Waals surface area contributed by atoms with Crippen LogP contribution in [-0.2, 0) is 10.5 Å². The van der Waals surface area contributed by atoms with E-state index in [9.17, 15) is 4.79 Å². The Bertz CT molecular complexity index is 1240. The monoisotopic (exact) mass is 462 g/mol. The Kier molecular flexibility index (Phi) is 7.14. The fourth-order valence-corrected chi connectivity index (χ4v) is 4.66. The van der Waals surface area contributed by atoms with Crippen molar-refractivity contribution in [1.82, 2.24) is 14.5 Å². The average molecular weight is 463 g/mol. The zero-order valence-corrected chi connectivity index (χ0v) is 19.6. The second-order valence-electron chi connectivity index (χ2n) is 7.38. The highest BCUT2D eigenvalue weighted by Gasteiger charge is 2.25. The molecule has 0 unspecified atom stereocenters. The maximum Gasteiger partial charge on any atom is 0.247 e. The maximum atomic E-state index is 13.4. The number of thioether (sulfide) groups is 1. The first kappa shape index (κ1) is 22.7. The van der Waals surface area contributed by atoms with E-state index in [1.807, 2.05) is 66.1 Å². The SMILES string of the molecule is CC[C@@H](C(=O)Nc1ccccc1OC)n1c(SCc2ccc(OC)cc2)nc2ccncc21. The molecule has 0 saturated carbocycles. The number of hydrogen-bond donors (Lipinski definition) is 1. The Balaban J connectivity index is 1.64. The molecule has 0 saturated heterocycles. The van der Waals surface area contributed by atoms with E-state index in [4.69, 9.17) is 14.5 Å². The van der Waals surface area contributed by atoms with Crippen LogP contribution < -0.4 is 14.8 Å². The summed E-state index contributed by atoms with van der Waals surface area (Å²) in [7, 11) is 3.24. The second-order valence-corrected chi connectivity index (χ2v) is 8.32. The number of para-hydroxylation sites is 2. The molecule has 1 amide bonds. The quantitative estimate of drug-likeness (QED) is 0.339. The number of hydrogen-bond acceptors (Lipinski definition) is 6. The number of carbonyl (C=O) groups is 1. The molecule has 0 aliphatic heterocycles. The van der Waals surface area contributed by atoms with Gasteiger partial charge in [-0.1, -0.05) is 43.0 Å². The van der Waals surface area contributed by atoms with E-state index >= 15 is 0 Å². The Hall–Kier alpha value is -3.52. The number of ether oxygens (including phenoxy) is 2. The molecule has 0 bridgehead atoms. The largest absolute Gasteiger partial charge is 0.497 e. The Morgan fingerprint density at radius 1 is 1.09 bits per heavy atom. The topological polar surface area (TPSA) is 78.3 Å². The van der Waals surface area contributed by atoms with Gasteiger partial charge in [-0.05, 0) is 42.3 Å². The number of rotatable bonds is 9. The van der Waals surface area contributed by atoms with E-state index in [2.05, 4.69) is 10.3 Å². The highest BCUT2D eigenvalue weighted by Crippen LogP contribution is 2.32. The Labute approximate surface area is 197 Å². The van der Waals surface area contributed by atoms with Gasteiger partial charge in [0.1, 0.15) is 17.5 Å². The second kappa shape index (κ2) is 10.4. The van der Waals surface area contributed by atoms with Crippen molar-refractivity contribution >= 4 is 34.4 Å². The van der Waals surface area contributed by atoms with E-state index in [0.29, 0.717) is 23.6 Å². The van der Waals surface area contributed by atoms with Gasteiger partial charge >= 0.3 is 0 Å². The highest BCUT2D eigenvalue weighted by molar-refractivity contribution is 7.98. The number of nitrogens with zero attached hydrogens (tertiary/aromatic N) is 3. The fourth-order valence-electron chi connectivity index (χ4n) is 3.64. The first-order valence-corrected chi connectivity index (χ1v) is 11.6. The molecule has 7 nitrogen and oxygen atoms in total. The van der Waals surface area contributed by atoms with Crippen molar-refractivity contribution in [2.75, 3.05) is 19.5 Å². The number of amides is 1. The van der Waals surface area contributed by atoms with E-state index in [0.717, 1.165) is 27.5 Å². The average Bonchev–Trinajstić information content (AvgIpc) is 3.22. The van der Waals surface area contributed by atoms with E-state index in [-0.39, 0.29) is 5.91 Å². The number of benzene rings is 2. The van der Waals surface area contributed by atoms with Crippen LogP contribution in [0.1, 0.15) is 24.9 Å². The smallest absolute Gasteiger partial charge is 0.247 e. The molecular weight excluding hydrogens is 436 g/mol. The minimum atomic E-state index is -0.456. The van der Waals surface area contributed by atoms with Gasteiger partial charge in [0.05, 0.1) is 37.1 Å². The first-order valence-electron chi connectivity index (χ1n) is 10.7. The molecule has 33 heavy (non-hydrogen) atoms. The lowest BCUT2D eigenvalue weighted by molar-refractivity contribution is -0.119. The molecule has 0 spiro atoms. The molecule has 8 heteroatoms. The number of carbonyl (C=O) groups excluding carboxylic acids is 1. The van der Waals surface area contributed by atoms with Gasteiger partial charge in [-0.25, -0.2) is 4.98 Å². The molecule has 170 valence electrons. The minimum absolute atomic E-state index is 0.128. The van der Waals surface area contributed by atoms with Gasteiger partial charge in [-0.2, -0.15) is 0 Å². The maximum absolute atomic E-state index is 13.4. The number of fused-ring (bicyclic) bond motifs is 1. The van der Waals surface area contributed by atoms with Gasteiger partial charge in [0.15, 0.2) is 5.16 Å². The van der Waals surface area contributed by atoms with Gasteiger partial charge in [-0.15, -0.1) is 0 Å². The lowest BCUT2D eigenvalue weighted by Gasteiger charge is -2.20. The van der Waals surface area contributed by atoms with Gasteiger partial charge in [-0.3, -0.25) is 9.78 Å². The van der Waals surface area contributed by atoms with Crippen LogP contribution in [0.25, 0.3) is 11.0 Å². The number of methoxy groups -OCH3 is 2. The number of imidazole rings is 1. The van der Waals surface area contributed by atoms with Crippen LogP contribution >= 0.6 is 11.8 Å². The zero-order valence-electron chi connectivity index (χ0n) is 18.8. The van der Waals surface area contributed by atoms with Crippen LogP contribution in [0.4, 0.5) is 5.69 Å². The number of nitrogens with one attached hydrogen (secondary N) is 1. The summed E-state index contributed by atoms with van der Waals surface area (Å²) in [6, 6.07) is 16.8. The molecule has 0 aliphatic carbocycles. The Morgan fingerprint density at radius 3 is 2.61 bits per heavy atom. The van der Waals surface area contributed by atoms with Crippen LogP contribution in [0.5, 0.6) is 11.5 Å². The van der Waals surface area contributed by atoms with Crippen LogP contribution in [-0.4, -0.2) is 34.7 Å². The normalized spacial score (nSPS) is 11.8. The van der Waals surface area contributed by atoms with Crippen molar-refractivity contribution in [3.05, 3.63) is 72.6 Å². The van der Waals surface area contributed by atoms with Gasteiger partial charge < -0.3 is 19.4 Å². The molecule has 0 radical (unpaired) electrons. The summed E-state index contributed by atoms with van der Waals surface area (Å²) >= 11 is 1.59. The molecule has 1 atom stereocenters. The van der Waals surface area contributed by atoms with Crippen LogP contribution in [0.3, 0.4) is 0 Å². The van der Waals surface area contributed by atoms with Crippen LogP contribution in [0.2, 0.25) is 0 Å². The molecule has 2 aromatic carbocycles. The zero-order chi connectivity index (χ0) is 23.2. The van der Waals surface area contributed by atoms with Gasteiger partial charge in [0.25, 0.3) is 0 Å². The summed E-state index contributed by atoms with van der Waals surface area (Å²) in [5, 5.41) is 3.80. The summed E-state index contributed by atoms with van der Waals surface area (Å²) in [6.07, 6.45) is 4.07. The molecule has 1 N–H and O–H groups in total. The lowest BCUT2D eigenvalue weighted by atomic mass is 10.2. The fraction of sp³-hybridized carbons (Fsp3) is 0.240. The third-order valence-corrected chi connectivity index (χ3v) is 6.38. The summed E-state index contributed by atoms with van der Waals surface area (Å²) in [4.78, 5) is 22.5. The van der Waals surface area contributed by atoms with Crippen molar-refractivity contribution in [2.45, 2.75) is 30.3 Å². The van der Waals surface area contributed by atoms with Crippen LogP contribution in [0, 0.1) is 0 Å². The summed E-state index contributed by atoms with van der Waals surface area (Å²) in [5.41, 5.74) is 3.42. The Morgan fingerprint density at radius 2 is 1.88 bits per heavy atom. The van der Waals surface area contributed by atoms with Crippen molar-refractivity contribution in [1.29, 1.82) is 0 Å². The standard InChI is InChI=1S/C25H26N4O3S/c1-4-21(24(30)27-20-7-5-6-8-23(20)32-3)29-22-15-26-14-13-19(22)28-25(29)33-16-17-9-11-18(31-2)12-10-17/h5-15,21H,4,16H2,1-3H3,(H,27,30)/t21-/m0/s1. The highest BCUT2D eigenvalue weighted by atomic mass is 32.2. The molecular formula is C25H26N4O3S. The van der Waals surface area contributed by atoms with E-state index in [1.165, 1.54) is 0 Å². The number of anilines is 1. The van der Waals surface area contributed by atoms with E-state index < -0.39 is 6.04 Å². The van der Waals surface area contributed by atoms with Crippen molar-refractivity contribution < 1.29 is 14.3 Å². The van der Waals surface area contributed by atoms with Crippen molar-refractivity contribution in [3.63, 3.8) is 0 Å². The van der Waals surface area contributed by atoms with Gasteiger partial charge in [0, 0.05) is 11.9 Å². The third kappa shape index (κ3) is 4.96. The minimum Gasteiger partial charge on any atom is -0.497 e. The van der Waals surface area contributed by atoms with Crippen molar-refractivity contribution in [3.8, 4) is 11.5 Å². The lowest BCUT2D eigenvalue weighted by Crippen LogP contribution is -2.26. The molecule has 2 aromatic heterocycles. The van der Waals surface area contributed by atoms with Gasteiger partial charge in [0.2, 0.25) is 5.91 Å². The summed E-state index contributed by atoms with van der Waals surface area (Å²) in [6.45, 7) is 1.99. The number of pyridine rings is 1. The number of aromatic nitrogens is 3. The summed E-state index contributed by atoms with van der Waals surface area (Å²) < 4.78 is 12.6.